The third-order valence-corrected chi connectivity index (χ3v) is 2.14. The minimum Gasteiger partial charge on any atom is -0.493 e. The first kappa shape index (κ1) is 14.4. The van der Waals surface area contributed by atoms with E-state index >= 15 is 0 Å². The average molecular weight is 269 g/mol. The molecular weight excluding hydrogens is 258 g/mol. The lowest BCUT2D eigenvalue weighted by Gasteiger charge is -2.09. The second kappa shape index (κ2) is 5.80. The molecule has 0 heterocycles. The highest BCUT2D eigenvalue weighted by Crippen LogP contribution is 2.35. The first-order valence-electron chi connectivity index (χ1n) is 5.03. The maximum absolute atomic E-state index is 11.5. The van der Waals surface area contributed by atoms with E-state index in [0.29, 0.717) is 0 Å². The number of carbonyl (C=O) groups is 2. The van der Waals surface area contributed by atoms with Crippen molar-refractivity contribution in [2.24, 2.45) is 0 Å². The third kappa shape index (κ3) is 3.18. The highest BCUT2D eigenvalue weighted by Gasteiger charge is 2.25. The van der Waals surface area contributed by atoms with Crippen molar-refractivity contribution < 1.29 is 28.7 Å². The molecule has 0 aliphatic carbocycles. The Labute approximate surface area is 108 Å². The van der Waals surface area contributed by atoms with Crippen LogP contribution in [0.1, 0.15) is 17.3 Å². The summed E-state index contributed by atoms with van der Waals surface area (Å²) in [5.74, 6) is -1.69. The predicted molar refractivity (Wildman–Crippen MR) is 62.3 cm³/mol. The standard InChI is InChI=1S/C11H11NO7/c1-6(13)19-10-4-7(11(14)18-3)8(12(15)16)5-9(10)17-2/h4-5H,1-3H3. The van der Waals surface area contributed by atoms with Gasteiger partial charge in [0.05, 0.1) is 25.2 Å². The maximum Gasteiger partial charge on any atom is 0.345 e. The van der Waals surface area contributed by atoms with Crippen LogP contribution in [0.4, 0.5) is 5.69 Å². The molecule has 0 aromatic heterocycles. The number of nitro benzene ring substituents is 1. The van der Waals surface area contributed by atoms with E-state index in [2.05, 4.69) is 4.74 Å². The summed E-state index contributed by atoms with van der Waals surface area (Å²) >= 11 is 0. The van der Waals surface area contributed by atoms with Gasteiger partial charge in [-0.15, -0.1) is 0 Å². The number of benzene rings is 1. The van der Waals surface area contributed by atoms with Gasteiger partial charge in [-0.3, -0.25) is 14.9 Å². The number of hydrogen-bond acceptors (Lipinski definition) is 7. The van der Waals surface area contributed by atoms with Gasteiger partial charge >= 0.3 is 11.9 Å². The van der Waals surface area contributed by atoms with Gasteiger partial charge in [0.25, 0.3) is 5.69 Å². The van der Waals surface area contributed by atoms with Crippen LogP contribution in [0.25, 0.3) is 0 Å². The minimum atomic E-state index is -0.914. The summed E-state index contributed by atoms with van der Waals surface area (Å²) in [5.41, 5.74) is -0.829. The van der Waals surface area contributed by atoms with Gasteiger partial charge in [-0.2, -0.15) is 0 Å². The van der Waals surface area contributed by atoms with Crippen LogP contribution in [0, 0.1) is 10.1 Å². The third-order valence-electron chi connectivity index (χ3n) is 2.14. The first-order chi connectivity index (χ1) is 8.90. The number of nitro groups is 1. The molecular formula is C11H11NO7. The van der Waals surface area contributed by atoms with E-state index in [0.717, 1.165) is 26.2 Å². The van der Waals surface area contributed by atoms with Crippen molar-refractivity contribution in [1.82, 2.24) is 0 Å². The number of methoxy groups -OCH3 is 2. The van der Waals surface area contributed by atoms with Crippen LogP contribution >= 0.6 is 0 Å². The van der Waals surface area contributed by atoms with Crippen molar-refractivity contribution in [2.45, 2.75) is 6.92 Å². The highest BCUT2D eigenvalue weighted by molar-refractivity contribution is 5.95. The van der Waals surface area contributed by atoms with Gasteiger partial charge in [-0.05, 0) is 0 Å². The Kier molecular flexibility index (Phi) is 4.41. The van der Waals surface area contributed by atoms with Crippen molar-refractivity contribution in [1.29, 1.82) is 0 Å². The molecule has 8 nitrogen and oxygen atoms in total. The maximum atomic E-state index is 11.5. The summed E-state index contributed by atoms with van der Waals surface area (Å²) in [6, 6.07) is 2.02. The number of nitrogens with zero attached hydrogens (tertiary/aromatic N) is 1. The fourth-order valence-electron chi connectivity index (χ4n) is 1.37. The van der Waals surface area contributed by atoms with E-state index in [4.69, 9.17) is 9.47 Å². The molecule has 0 N–H and O–H groups in total. The van der Waals surface area contributed by atoms with Crippen molar-refractivity contribution in [2.75, 3.05) is 14.2 Å². The van der Waals surface area contributed by atoms with Gasteiger partial charge in [0.1, 0.15) is 5.56 Å². The minimum absolute atomic E-state index is 0.0328. The van der Waals surface area contributed by atoms with Crippen LogP contribution in [-0.2, 0) is 9.53 Å². The number of hydrogen-bond donors (Lipinski definition) is 0. The summed E-state index contributed by atoms with van der Waals surface area (Å²) in [5, 5.41) is 10.9. The highest BCUT2D eigenvalue weighted by atomic mass is 16.6. The summed E-state index contributed by atoms with van der Waals surface area (Å²) in [6.45, 7) is 1.15. The van der Waals surface area contributed by atoms with Gasteiger partial charge in [-0.1, -0.05) is 0 Å². The Morgan fingerprint density at radius 3 is 2.26 bits per heavy atom. The number of rotatable bonds is 4. The van der Waals surface area contributed by atoms with E-state index in [9.17, 15) is 19.7 Å². The SMILES string of the molecule is COC(=O)c1cc(OC(C)=O)c(OC)cc1[N+](=O)[O-]. The smallest absolute Gasteiger partial charge is 0.345 e. The molecule has 0 unspecified atom stereocenters. The second-order valence-corrected chi connectivity index (χ2v) is 3.36. The number of ether oxygens (including phenoxy) is 3. The zero-order valence-corrected chi connectivity index (χ0v) is 10.5. The Morgan fingerprint density at radius 1 is 1.21 bits per heavy atom. The van der Waals surface area contributed by atoms with Crippen molar-refractivity contribution >= 4 is 17.6 Å². The van der Waals surface area contributed by atoms with Crippen LogP contribution in [0.3, 0.4) is 0 Å². The molecule has 0 saturated heterocycles. The van der Waals surface area contributed by atoms with E-state index in [1.807, 2.05) is 0 Å². The van der Waals surface area contributed by atoms with Gasteiger partial charge in [0.15, 0.2) is 11.5 Å². The van der Waals surface area contributed by atoms with Crippen LogP contribution in [-0.4, -0.2) is 31.1 Å². The van der Waals surface area contributed by atoms with Gasteiger partial charge in [0, 0.05) is 13.0 Å². The van der Waals surface area contributed by atoms with E-state index in [1.165, 1.54) is 7.11 Å². The normalized spacial score (nSPS) is 9.63. The van der Waals surface area contributed by atoms with Crippen molar-refractivity contribution in [3.63, 3.8) is 0 Å². The molecule has 102 valence electrons. The second-order valence-electron chi connectivity index (χ2n) is 3.36. The zero-order valence-electron chi connectivity index (χ0n) is 10.5. The topological polar surface area (TPSA) is 105 Å². The lowest BCUT2D eigenvalue weighted by atomic mass is 10.1. The molecule has 0 spiro atoms. The van der Waals surface area contributed by atoms with Crippen molar-refractivity contribution in [3.05, 3.63) is 27.8 Å². The molecule has 0 bridgehead atoms. The molecule has 19 heavy (non-hydrogen) atoms. The molecule has 0 fully saturated rings. The fraction of sp³-hybridized carbons (Fsp3) is 0.273. The predicted octanol–water partition coefficient (Wildman–Crippen LogP) is 1.32. The van der Waals surface area contributed by atoms with Crippen LogP contribution in [0.15, 0.2) is 12.1 Å². The molecule has 0 aliphatic rings. The Balaban J connectivity index is 3.46. The van der Waals surface area contributed by atoms with Crippen LogP contribution < -0.4 is 9.47 Å². The van der Waals surface area contributed by atoms with Gasteiger partial charge < -0.3 is 14.2 Å². The number of carbonyl (C=O) groups excluding carboxylic acids is 2. The average Bonchev–Trinajstić information content (AvgIpc) is 2.36. The summed E-state index contributed by atoms with van der Waals surface area (Å²) in [4.78, 5) is 32.5. The molecule has 0 amide bonds. The summed E-state index contributed by atoms with van der Waals surface area (Å²) < 4.78 is 14.1. The Hall–Kier alpha value is -2.64. The van der Waals surface area contributed by atoms with Crippen LogP contribution in [0.2, 0.25) is 0 Å². The monoisotopic (exact) mass is 269 g/mol. The van der Waals surface area contributed by atoms with E-state index in [1.54, 1.807) is 0 Å². The molecule has 1 aromatic rings. The lowest BCUT2D eigenvalue weighted by molar-refractivity contribution is -0.385. The molecule has 1 rings (SSSR count). The van der Waals surface area contributed by atoms with Gasteiger partial charge in [0.2, 0.25) is 0 Å². The molecule has 0 saturated carbocycles. The largest absolute Gasteiger partial charge is 0.493 e. The zero-order chi connectivity index (χ0) is 14.6. The molecule has 0 atom stereocenters. The molecule has 0 radical (unpaired) electrons. The Morgan fingerprint density at radius 2 is 1.84 bits per heavy atom. The molecule has 8 heteroatoms. The Bertz CT molecular complexity index is 538. The number of esters is 2. The van der Waals surface area contributed by atoms with Crippen molar-refractivity contribution in [3.8, 4) is 11.5 Å². The fourth-order valence-corrected chi connectivity index (χ4v) is 1.37. The lowest BCUT2D eigenvalue weighted by Crippen LogP contribution is -2.09. The summed E-state index contributed by atoms with van der Waals surface area (Å²) in [6.07, 6.45) is 0. The van der Waals surface area contributed by atoms with E-state index < -0.39 is 22.5 Å². The van der Waals surface area contributed by atoms with Crippen LogP contribution in [0.5, 0.6) is 11.5 Å². The quantitative estimate of drug-likeness (QED) is 0.351. The first-order valence-corrected chi connectivity index (χ1v) is 5.03. The van der Waals surface area contributed by atoms with Gasteiger partial charge in [-0.25, -0.2) is 4.79 Å². The van der Waals surface area contributed by atoms with E-state index in [-0.39, 0.29) is 17.1 Å². The molecule has 1 aromatic carbocycles. The molecule has 0 aliphatic heterocycles. The summed E-state index contributed by atoms with van der Waals surface area (Å²) in [7, 11) is 2.34.